The minimum Gasteiger partial charge on any atom is -0.497 e. The number of hydrogen-bond acceptors (Lipinski definition) is 8. The molecule has 2 aromatic heterocycles. The SMILES string of the molecule is COc1ccc(N(Cc2cccs2)C(=O)CSc2nnnn2-c2ccc(OC)cc2)cc1. The topological polar surface area (TPSA) is 82.4 Å². The third-order valence-corrected chi connectivity index (χ3v) is 6.43. The molecule has 10 heteroatoms. The summed E-state index contributed by atoms with van der Waals surface area (Å²) in [6.45, 7) is 0.493. The highest BCUT2D eigenvalue weighted by Crippen LogP contribution is 2.25. The van der Waals surface area contributed by atoms with Gasteiger partial charge < -0.3 is 14.4 Å². The second-order valence-electron chi connectivity index (χ2n) is 6.62. The van der Waals surface area contributed by atoms with Gasteiger partial charge in [-0.2, -0.15) is 4.68 Å². The second-order valence-corrected chi connectivity index (χ2v) is 8.59. The van der Waals surface area contributed by atoms with Crippen molar-refractivity contribution in [3.63, 3.8) is 0 Å². The Hall–Kier alpha value is -3.37. The zero-order valence-electron chi connectivity index (χ0n) is 17.5. The van der Waals surface area contributed by atoms with Gasteiger partial charge in [0.05, 0.1) is 32.2 Å². The van der Waals surface area contributed by atoms with Gasteiger partial charge in [0.15, 0.2) is 0 Å². The first kappa shape index (κ1) is 21.8. The van der Waals surface area contributed by atoms with Crippen molar-refractivity contribution in [3.05, 3.63) is 70.9 Å². The highest BCUT2D eigenvalue weighted by Gasteiger charge is 2.19. The highest BCUT2D eigenvalue weighted by molar-refractivity contribution is 7.99. The molecule has 32 heavy (non-hydrogen) atoms. The lowest BCUT2D eigenvalue weighted by atomic mass is 10.2. The van der Waals surface area contributed by atoms with Crippen molar-refractivity contribution < 1.29 is 14.3 Å². The Morgan fingerprint density at radius 1 is 1.03 bits per heavy atom. The molecule has 0 aliphatic rings. The molecule has 0 saturated heterocycles. The molecular weight excluding hydrogens is 446 g/mol. The van der Waals surface area contributed by atoms with E-state index < -0.39 is 0 Å². The van der Waals surface area contributed by atoms with Gasteiger partial charge in [0.2, 0.25) is 11.1 Å². The quantitative estimate of drug-likeness (QED) is 0.343. The number of hydrogen-bond donors (Lipinski definition) is 0. The first-order chi connectivity index (χ1) is 15.7. The lowest BCUT2D eigenvalue weighted by Gasteiger charge is -2.22. The van der Waals surface area contributed by atoms with Crippen LogP contribution >= 0.6 is 23.1 Å². The maximum atomic E-state index is 13.2. The van der Waals surface area contributed by atoms with E-state index in [9.17, 15) is 4.79 Å². The lowest BCUT2D eigenvalue weighted by molar-refractivity contribution is -0.116. The van der Waals surface area contributed by atoms with Gasteiger partial charge in [-0.3, -0.25) is 4.79 Å². The Morgan fingerprint density at radius 2 is 1.72 bits per heavy atom. The molecule has 1 amide bonds. The summed E-state index contributed by atoms with van der Waals surface area (Å²) in [5.74, 6) is 1.63. The number of ether oxygens (including phenoxy) is 2. The summed E-state index contributed by atoms with van der Waals surface area (Å²) in [5, 5.41) is 14.5. The molecule has 0 aliphatic heterocycles. The van der Waals surface area contributed by atoms with Crippen LogP contribution in [0.4, 0.5) is 5.69 Å². The van der Waals surface area contributed by atoms with E-state index in [0.717, 1.165) is 27.8 Å². The minimum absolute atomic E-state index is 0.0437. The maximum Gasteiger partial charge on any atom is 0.237 e. The summed E-state index contributed by atoms with van der Waals surface area (Å²) in [4.78, 5) is 16.1. The van der Waals surface area contributed by atoms with E-state index >= 15 is 0 Å². The van der Waals surface area contributed by atoms with E-state index in [4.69, 9.17) is 9.47 Å². The fourth-order valence-corrected chi connectivity index (χ4v) is 4.46. The number of thiophene rings is 1. The van der Waals surface area contributed by atoms with Gasteiger partial charge in [-0.05, 0) is 70.4 Å². The van der Waals surface area contributed by atoms with E-state index in [1.807, 2.05) is 66.0 Å². The van der Waals surface area contributed by atoms with E-state index in [-0.39, 0.29) is 11.7 Å². The molecule has 8 nitrogen and oxygen atoms in total. The van der Waals surface area contributed by atoms with Crippen LogP contribution in [0, 0.1) is 0 Å². The molecule has 0 spiro atoms. The first-order valence-electron chi connectivity index (χ1n) is 9.70. The Kier molecular flexibility index (Phi) is 7.03. The number of tetrazole rings is 1. The molecule has 0 bridgehead atoms. The van der Waals surface area contributed by atoms with E-state index in [1.54, 1.807) is 35.1 Å². The van der Waals surface area contributed by atoms with Crippen LogP contribution in [-0.2, 0) is 11.3 Å². The molecule has 0 saturated carbocycles. The van der Waals surface area contributed by atoms with Crippen LogP contribution in [0.25, 0.3) is 5.69 Å². The number of benzene rings is 2. The molecule has 2 heterocycles. The largest absolute Gasteiger partial charge is 0.497 e. The zero-order chi connectivity index (χ0) is 22.3. The number of methoxy groups -OCH3 is 2. The molecule has 0 atom stereocenters. The number of amides is 1. The van der Waals surface area contributed by atoms with Crippen molar-refractivity contribution in [3.8, 4) is 17.2 Å². The van der Waals surface area contributed by atoms with Gasteiger partial charge in [-0.1, -0.05) is 17.8 Å². The van der Waals surface area contributed by atoms with Gasteiger partial charge in [0, 0.05) is 10.6 Å². The number of aromatic nitrogens is 4. The molecule has 0 unspecified atom stereocenters. The molecule has 4 rings (SSSR count). The molecule has 0 radical (unpaired) electrons. The Bertz CT molecular complexity index is 1150. The zero-order valence-corrected chi connectivity index (χ0v) is 19.2. The normalized spacial score (nSPS) is 10.7. The molecular formula is C22H21N5O3S2. The van der Waals surface area contributed by atoms with Crippen molar-refractivity contribution in [2.75, 3.05) is 24.9 Å². The summed E-state index contributed by atoms with van der Waals surface area (Å²) in [7, 11) is 3.23. The van der Waals surface area contributed by atoms with Gasteiger partial charge in [0.1, 0.15) is 11.5 Å². The number of rotatable bonds is 9. The summed E-state index contributed by atoms with van der Waals surface area (Å²) >= 11 is 2.91. The Morgan fingerprint density at radius 3 is 2.34 bits per heavy atom. The molecule has 164 valence electrons. The predicted octanol–water partition coefficient (Wildman–Crippen LogP) is 4.07. The van der Waals surface area contributed by atoms with Crippen LogP contribution in [0.2, 0.25) is 0 Å². The fraction of sp³-hybridized carbons (Fsp3) is 0.182. The van der Waals surface area contributed by atoms with Crippen LogP contribution in [-0.4, -0.2) is 46.1 Å². The van der Waals surface area contributed by atoms with Gasteiger partial charge in [-0.25, -0.2) is 0 Å². The van der Waals surface area contributed by atoms with E-state index in [1.165, 1.54) is 11.8 Å². The number of carbonyl (C=O) groups excluding carboxylic acids is 1. The molecule has 4 aromatic rings. The lowest BCUT2D eigenvalue weighted by Crippen LogP contribution is -2.31. The predicted molar refractivity (Wildman–Crippen MR) is 125 cm³/mol. The first-order valence-corrected chi connectivity index (χ1v) is 11.6. The molecule has 2 aromatic carbocycles. The molecule has 0 N–H and O–H groups in total. The van der Waals surface area contributed by atoms with E-state index in [2.05, 4.69) is 15.5 Å². The van der Waals surface area contributed by atoms with Crippen molar-refractivity contribution in [2.45, 2.75) is 11.7 Å². The maximum absolute atomic E-state index is 13.2. The Balaban J connectivity index is 1.50. The van der Waals surface area contributed by atoms with Crippen LogP contribution in [0.1, 0.15) is 4.88 Å². The van der Waals surface area contributed by atoms with Crippen LogP contribution < -0.4 is 14.4 Å². The molecule has 0 aliphatic carbocycles. The third kappa shape index (κ3) is 5.09. The summed E-state index contributed by atoms with van der Waals surface area (Å²) < 4.78 is 12.0. The average Bonchev–Trinajstić information content (AvgIpc) is 3.53. The van der Waals surface area contributed by atoms with Crippen LogP contribution in [0.5, 0.6) is 11.5 Å². The number of carbonyl (C=O) groups is 1. The average molecular weight is 468 g/mol. The minimum atomic E-state index is -0.0437. The van der Waals surface area contributed by atoms with Crippen LogP contribution in [0.15, 0.2) is 71.2 Å². The monoisotopic (exact) mass is 467 g/mol. The smallest absolute Gasteiger partial charge is 0.237 e. The van der Waals surface area contributed by atoms with Crippen molar-refractivity contribution in [1.29, 1.82) is 0 Å². The van der Waals surface area contributed by atoms with E-state index in [0.29, 0.717) is 11.7 Å². The Labute approximate surface area is 193 Å². The van der Waals surface area contributed by atoms with Gasteiger partial charge in [0.25, 0.3) is 0 Å². The van der Waals surface area contributed by atoms with Gasteiger partial charge >= 0.3 is 0 Å². The third-order valence-electron chi connectivity index (χ3n) is 4.66. The van der Waals surface area contributed by atoms with Crippen molar-refractivity contribution in [2.24, 2.45) is 0 Å². The number of nitrogens with zero attached hydrogens (tertiary/aromatic N) is 5. The van der Waals surface area contributed by atoms with Crippen molar-refractivity contribution in [1.82, 2.24) is 20.2 Å². The highest BCUT2D eigenvalue weighted by atomic mass is 32.2. The fourth-order valence-electron chi connectivity index (χ4n) is 3.00. The summed E-state index contributed by atoms with van der Waals surface area (Å²) in [6, 6.07) is 18.9. The standard InChI is InChI=1S/C22H21N5O3S2/c1-29-18-9-5-16(6-10-18)26(14-20-4-3-13-31-20)21(28)15-32-22-23-24-25-27(22)17-7-11-19(30-2)12-8-17/h3-13H,14-15H2,1-2H3. The molecule has 0 fully saturated rings. The van der Waals surface area contributed by atoms with Gasteiger partial charge in [-0.15, -0.1) is 16.4 Å². The number of anilines is 1. The van der Waals surface area contributed by atoms with Crippen molar-refractivity contribution >= 4 is 34.7 Å². The number of thioether (sulfide) groups is 1. The summed E-state index contributed by atoms with van der Waals surface area (Å²) in [5.41, 5.74) is 1.59. The second kappa shape index (κ2) is 10.3. The van der Waals surface area contributed by atoms with Crippen LogP contribution in [0.3, 0.4) is 0 Å². The summed E-state index contributed by atoms with van der Waals surface area (Å²) in [6.07, 6.45) is 0.